The van der Waals surface area contributed by atoms with Gasteiger partial charge in [-0.1, -0.05) is 23.7 Å². The van der Waals surface area contributed by atoms with E-state index in [-0.39, 0.29) is 0 Å². The molecule has 0 atom stereocenters. The first-order valence-corrected chi connectivity index (χ1v) is 7.60. The average molecular weight is 332 g/mol. The van der Waals surface area contributed by atoms with Crippen LogP contribution in [-0.4, -0.2) is 19.6 Å². The van der Waals surface area contributed by atoms with Gasteiger partial charge in [-0.2, -0.15) is 10.4 Å². The fraction of sp³-hybridized carbons (Fsp3) is 0. The fourth-order valence-electron chi connectivity index (χ4n) is 2.57. The van der Waals surface area contributed by atoms with Crippen LogP contribution in [0.5, 0.6) is 0 Å². The number of imidazole rings is 1. The third-order valence-electron chi connectivity index (χ3n) is 3.66. The van der Waals surface area contributed by atoms with Crippen LogP contribution in [-0.2, 0) is 0 Å². The van der Waals surface area contributed by atoms with Crippen LogP contribution in [0.25, 0.3) is 28.2 Å². The molecule has 6 heteroatoms. The van der Waals surface area contributed by atoms with E-state index in [0.29, 0.717) is 22.1 Å². The lowest BCUT2D eigenvalue weighted by Gasteiger charge is -2.09. The summed E-state index contributed by atoms with van der Waals surface area (Å²) in [5, 5.41) is 14.4. The lowest BCUT2D eigenvalue weighted by molar-refractivity contribution is 0.926. The van der Waals surface area contributed by atoms with Crippen molar-refractivity contribution in [3.05, 3.63) is 71.6 Å². The normalized spacial score (nSPS) is 10.7. The van der Waals surface area contributed by atoms with E-state index in [0.717, 1.165) is 16.8 Å². The lowest BCUT2D eigenvalue weighted by Crippen LogP contribution is -1.98. The minimum atomic E-state index is 0.389. The van der Waals surface area contributed by atoms with Crippen molar-refractivity contribution < 1.29 is 0 Å². The second-order valence-electron chi connectivity index (χ2n) is 5.15. The molecular formula is C18H10ClN5. The second kappa shape index (κ2) is 5.76. The van der Waals surface area contributed by atoms with Gasteiger partial charge in [-0.3, -0.25) is 4.98 Å². The van der Waals surface area contributed by atoms with Gasteiger partial charge >= 0.3 is 0 Å². The van der Waals surface area contributed by atoms with E-state index in [2.05, 4.69) is 21.1 Å². The van der Waals surface area contributed by atoms with Gasteiger partial charge in [-0.25, -0.2) is 9.50 Å². The first kappa shape index (κ1) is 14.4. The Morgan fingerprint density at radius 1 is 1.04 bits per heavy atom. The standard InChI is InChI=1S/C18H10ClN5/c19-13-4-1-3-12(9-13)18-15(5-2-8-21-18)16-6-7-17-22-11-14(10-20)24(17)23-16/h1-9,11H. The summed E-state index contributed by atoms with van der Waals surface area (Å²) in [4.78, 5) is 8.65. The van der Waals surface area contributed by atoms with E-state index < -0.39 is 0 Å². The van der Waals surface area contributed by atoms with E-state index >= 15 is 0 Å². The lowest BCUT2D eigenvalue weighted by atomic mass is 10.0. The maximum atomic E-state index is 9.17. The van der Waals surface area contributed by atoms with Crippen molar-refractivity contribution in [3.63, 3.8) is 0 Å². The molecule has 0 fully saturated rings. The smallest absolute Gasteiger partial charge is 0.162 e. The predicted molar refractivity (Wildman–Crippen MR) is 91.4 cm³/mol. The zero-order chi connectivity index (χ0) is 16.5. The minimum Gasteiger partial charge on any atom is -0.256 e. The van der Waals surface area contributed by atoms with Gasteiger partial charge in [0.25, 0.3) is 0 Å². The monoisotopic (exact) mass is 331 g/mol. The second-order valence-corrected chi connectivity index (χ2v) is 5.59. The van der Waals surface area contributed by atoms with Gasteiger partial charge in [0.1, 0.15) is 6.07 Å². The summed E-state index contributed by atoms with van der Waals surface area (Å²) >= 11 is 6.10. The molecular weight excluding hydrogens is 322 g/mol. The van der Waals surface area contributed by atoms with Crippen LogP contribution in [0, 0.1) is 11.3 Å². The van der Waals surface area contributed by atoms with Gasteiger partial charge in [0.2, 0.25) is 0 Å². The molecule has 4 aromatic rings. The van der Waals surface area contributed by atoms with E-state index in [9.17, 15) is 5.26 Å². The van der Waals surface area contributed by atoms with Crippen LogP contribution >= 0.6 is 11.6 Å². The van der Waals surface area contributed by atoms with Crippen LogP contribution in [0.2, 0.25) is 5.02 Å². The van der Waals surface area contributed by atoms with Gasteiger partial charge in [0.05, 0.1) is 17.6 Å². The van der Waals surface area contributed by atoms with Crippen molar-refractivity contribution in [2.75, 3.05) is 0 Å². The summed E-state index contributed by atoms with van der Waals surface area (Å²) < 4.78 is 1.53. The molecule has 0 saturated heterocycles. The molecule has 5 nitrogen and oxygen atoms in total. The number of fused-ring (bicyclic) bond motifs is 1. The molecule has 0 spiro atoms. The number of aromatic nitrogens is 4. The van der Waals surface area contributed by atoms with Crippen molar-refractivity contribution in [1.29, 1.82) is 5.26 Å². The highest BCUT2D eigenvalue weighted by atomic mass is 35.5. The zero-order valence-corrected chi connectivity index (χ0v) is 13.1. The summed E-state index contributed by atoms with van der Waals surface area (Å²) in [5.41, 5.74) is 4.28. The first-order valence-electron chi connectivity index (χ1n) is 7.22. The highest BCUT2D eigenvalue weighted by molar-refractivity contribution is 6.30. The highest BCUT2D eigenvalue weighted by Gasteiger charge is 2.12. The van der Waals surface area contributed by atoms with Crippen molar-refractivity contribution in [1.82, 2.24) is 19.6 Å². The minimum absolute atomic E-state index is 0.389. The Morgan fingerprint density at radius 3 is 2.79 bits per heavy atom. The maximum absolute atomic E-state index is 9.17. The van der Waals surface area contributed by atoms with Crippen LogP contribution in [0.1, 0.15) is 5.69 Å². The number of nitrogens with zero attached hydrogens (tertiary/aromatic N) is 5. The summed E-state index contributed by atoms with van der Waals surface area (Å²) in [5.74, 6) is 0. The van der Waals surface area contributed by atoms with Gasteiger partial charge in [0, 0.05) is 22.3 Å². The van der Waals surface area contributed by atoms with Gasteiger partial charge in [-0.05, 0) is 36.4 Å². The number of halogens is 1. The van der Waals surface area contributed by atoms with Gasteiger partial charge < -0.3 is 0 Å². The quantitative estimate of drug-likeness (QED) is 0.557. The van der Waals surface area contributed by atoms with Gasteiger partial charge in [0.15, 0.2) is 11.3 Å². The third kappa shape index (κ3) is 2.39. The van der Waals surface area contributed by atoms with Crippen LogP contribution < -0.4 is 0 Å². The Morgan fingerprint density at radius 2 is 1.96 bits per heavy atom. The topological polar surface area (TPSA) is 66.9 Å². The van der Waals surface area contributed by atoms with Crippen molar-refractivity contribution in [2.45, 2.75) is 0 Å². The number of rotatable bonds is 2. The molecule has 0 bridgehead atoms. The third-order valence-corrected chi connectivity index (χ3v) is 3.89. The fourth-order valence-corrected chi connectivity index (χ4v) is 2.76. The molecule has 0 aliphatic heterocycles. The number of benzene rings is 1. The molecule has 0 aliphatic rings. The van der Waals surface area contributed by atoms with Crippen LogP contribution in [0.15, 0.2) is 60.9 Å². The molecule has 24 heavy (non-hydrogen) atoms. The molecule has 0 radical (unpaired) electrons. The van der Waals surface area contributed by atoms with E-state index in [4.69, 9.17) is 11.6 Å². The molecule has 0 aliphatic carbocycles. The van der Waals surface area contributed by atoms with E-state index in [1.165, 1.54) is 10.7 Å². The summed E-state index contributed by atoms with van der Waals surface area (Å²) in [6.07, 6.45) is 3.24. The average Bonchev–Trinajstić information content (AvgIpc) is 3.04. The molecule has 114 valence electrons. The van der Waals surface area contributed by atoms with Crippen molar-refractivity contribution >= 4 is 17.2 Å². The number of nitriles is 1. The van der Waals surface area contributed by atoms with Crippen LogP contribution in [0.4, 0.5) is 0 Å². The number of pyridine rings is 1. The largest absolute Gasteiger partial charge is 0.256 e. The predicted octanol–water partition coefficient (Wildman–Crippen LogP) is 3.98. The highest BCUT2D eigenvalue weighted by Crippen LogP contribution is 2.30. The molecule has 3 heterocycles. The Kier molecular flexibility index (Phi) is 3.45. The van der Waals surface area contributed by atoms with Crippen molar-refractivity contribution in [2.24, 2.45) is 0 Å². The molecule has 0 saturated carbocycles. The van der Waals surface area contributed by atoms with Gasteiger partial charge in [-0.15, -0.1) is 0 Å². The Hall–Kier alpha value is -3.23. The molecule has 0 amide bonds. The molecule has 0 unspecified atom stereocenters. The molecule has 1 aromatic carbocycles. The Labute approximate surface area is 142 Å². The van der Waals surface area contributed by atoms with E-state index in [1.54, 1.807) is 6.20 Å². The molecule has 4 rings (SSSR count). The summed E-state index contributed by atoms with van der Waals surface area (Å²) in [7, 11) is 0. The molecule has 3 aromatic heterocycles. The molecule has 0 N–H and O–H groups in total. The number of hydrogen-bond acceptors (Lipinski definition) is 4. The maximum Gasteiger partial charge on any atom is 0.162 e. The summed E-state index contributed by atoms with van der Waals surface area (Å²) in [6, 6.07) is 17.1. The Balaban J connectivity index is 1.93. The zero-order valence-electron chi connectivity index (χ0n) is 12.4. The van der Waals surface area contributed by atoms with Crippen LogP contribution in [0.3, 0.4) is 0 Å². The number of hydrogen-bond donors (Lipinski definition) is 0. The SMILES string of the molecule is N#Cc1cnc2ccc(-c3cccnc3-c3cccc(Cl)c3)nn12. The first-order chi connectivity index (χ1) is 11.8. The Bertz CT molecular complexity index is 1090. The summed E-state index contributed by atoms with van der Waals surface area (Å²) in [6.45, 7) is 0. The van der Waals surface area contributed by atoms with Crippen molar-refractivity contribution in [3.8, 4) is 28.6 Å². The van der Waals surface area contributed by atoms with E-state index in [1.807, 2.05) is 48.5 Å².